The van der Waals surface area contributed by atoms with Crippen LogP contribution in [0.1, 0.15) is 22.3 Å². The molecule has 0 radical (unpaired) electrons. The second kappa shape index (κ2) is 9.26. The number of rotatable bonds is 6. The van der Waals surface area contributed by atoms with Gasteiger partial charge in [-0.05, 0) is 24.1 Å². The first-order valence-electron chi connectivity index (χ1n) is 10.3. The van der Waals surface area contributed by atoms with Crippen LogP contribution in [0.25, 0.3) is 0 Å². The number of sulfonamides is 1. The largest absolute Gasteiger partial charge is 0.379 e. The Kier molecular flexibility index (Phi) is 6.48. The first kappa shape index (κ1) is 21.0. The maximum atomic E-state index is 13.1. The molecule has 7 nitrogen and oxygen atoms in total. The molecular weight excluding hydrogens is 402 g/mol. The van der Waals surface area contributed by atoms with Crippen molar-refractivity contribution in [2.75, 3.05) is 39.4 Å². The van der Waals surface area contributed by atoms with Gasteiger partial charge in [0, 0.05) is 38.8 Å². The third-order valence-electron chi connectivity index (χ3n) is 5.58. The predicted molar refractivity (Wildman–Crippen MR) is 114 cm³/mol. The van der Waals surface area contributed by atoms with Gasteiger partial charge in [0.05, 0.1) is 23.7 Å². The van der Waals surface area contributed by atoms with E-state index in [2.05, 4.69) is 22.3 Å². The molecular formula is C22H27N3O4S. The summed E-state index contributed by atoms with van der Waals surface area (Å²) in [6.07, 6.45) is 0.844. The summed E-state index contributed by atoms with van der Waals surface area (Å²) in [4.78, 5) is 15.3. The molecule has 1 atom stereocenters. The van der Waals surface area contributed by atoms with E-state index in [0.29, 0.717) is 26.3 Å². The number of morpholine rings is 1. The second-order valence-corrected chi connectivity index (χ2v) is 9.60. The fourth-order valence-electron chi connectivity index (χ4n) is 4.00. The highest BCUT2D eigenvalue weighted by molar-refractivity contribution is 7.89. The molecule has 4 rings (SSSR count). The zero-order valence-electron chi connectivity index (χ0n) is 16.9. The Morgan fingerprint density at radius 1 is 1.00 bits per heavy atom. The molecule has 0 saturated carbocycles. The monoisotopic (exact) mass is 429 g/mol. The molecule has 1 unspecified atom stereocenters. The lowest BCUT2D eigenvalue weighted by Gasteiger charge is -2.27. The van der Waals surface area contributed by atoms with Gasteiger partial charge in [0.1, 0.15) is 0 Å². The number of benzene rings is 2. The summed E-state index contributed by atoms with van der Waals surface area (Å²) >= 11 is 0. The summed E-state index contributed by atoms with van der Waals surface area (Å²) < 4.78 is 32.8. The van der Waals surface area contributed by atoms with Crippen molar-refractivity contribution in [3.8, 4) is 0 Å². The van der Waals surface area contributed by atoms with Gasteiger partial charge in [0.2, 0.25) is 10.0 Å². The van der Waals surface area contributed by atoms with Gasteiger partial charge in [-0.1, -0.05) is 42.5 Å². The van der Waals surface area contributed by atoms with E-state index in [1.165, 1.54) is 15.9 Å². The van der Waals surface area contributed by atoms with Crippen LogP contribution in [0.3, 0.4) is 0 Å². The molecule has 0 spiro atoms. The molecule has 0 aromatic heterocycles. The molecule has 2 aliphatic rings. The highest BCUT2D eigenvalue weighted by Crippen LogP contribution is 2.22. The van der Waals surface area contributed by atoms with Crippen molar-refractivity contribution >= 4 is 15.9 Å². The number of hydrogen-bond acceptors (Lipinski definition) is 5. The minimum Gasteiger partial charge on any atom is -0.379 e. The number of likely N-dealkylation sites (tertiary alicyclic amines) is 1. The van der Waals surface area contributed by atoms with E-state index in [9.17, 15) is 13.2 Å². The predicted octanol–water partition coefficient (Wildman–Crippen LogP) is 1.71. The molecule has 160 valence electrons. The maximum absolute atomic E-state index is 13.1. The van der Waals surface area contributed by atoms with Crippen LogP contribution >= 0.6 is 0 Å². The molecule has 2 aromatic rings. The Balaban J connectivity index is 1.43. The normalized spacial score (nSPS) is 20.9. The number of nitrogens with zero attached hydrogens (tertiary/aromatic N) is 2. The number of hydrogen-bond donors (Lipinski definition) is 1. The standard InChI is InChI=1S/C22H27N3O4S/c26-22(23-19-10-11-24(17-19)16-18-6-2-1-3-7-18)20-8-4-5-9-21(20)30(27,28)25-12-14-29-15-13-25/h1-9,19H,10-17H2,(H,23,26). The Bertz CT molecular complexity index is 975. The van der Waals surface area contributed by atoms with Crippen molar-refractivity contribution in [3.05, 3.63) is 65.7 Å². The average molecular weight is 430 g/mol. The van der Waals surface area contributed by atoms with Crippen molar-refractivity contribution in [3.63, 3.8) is 0 Å². The number of nitrogens with one attached hydrogen (secondary N) is 1. The third kappa shape index (κ3) is 4.73. The number of carbonyl (C=O) groups excluding carboxylic acids is 1. The SMILES string of the molecule is O=C(NC1CCN(Cc2ccccc2)C1)c1ccccc1S(=O)(=O)N1CCOCC1. The quantitative estimate of drug-likeness (QED) is 0.756. The van der Waals surface area contributed by atoms with E-state index in [1.54, 1.807) is 18.2 Å². The summed E-state index contributed by atoms with van der Waals surface area (Å²) in [7, 11) is -3.74. The molecule has 2 fully saturated rings. The van der Waals surface area contributed by atoms with Crippen molar-refractivity contribution in [1.82, 2.24) is 14.5 Å². The Labute approximate surface area is 177 Å². The highest BCUT2D eigenvalue weighted by Gasteiger charge is 2.31. The van der Waals surface area contributed by atoms with Gasteiger partial charge in [-0.15, -0.1) is 0 Å². The van der Waals surface area contributed by atoms with Gasteiger partial charge in [-0.3, -0.25) is 9.69 Å². The highest BCUT2D eigenvalue weighted by atomic mass is 32.2. The molecule has 2 saturated heterocycles. The zero-order valence-corrected chi connectivity index (χ0v) is 17.7. The Morgan fingerprint density at radius 2 is 1.70 bits per heavy atom. The van der Waals surface area contributed by atoms with Crippen LogP contribution in [-0.2, 0) is 21.3 Å². The summed E-state index contributed by atoms with van der Waals surface area (Å²) in [6.45, 7) is 3.83. The molecule has 1 amide bonds. The topological polar surface area (TPSA) is 79.0 Å². The van der Waals surface area contributed by atoms with E-state index < -0.39 is 10.0 Å². The number of carbonyl (C=O) groups is 1. The summed E-state index contributed by atoms with van der Waals surface area (Å²) in [5, 5.41) is 3.04. The average Bonchev–Trinajstić information content (AvgIpc) is 3.21. The Morgan fingerprint density at radius 3 is 2.47 bits per heavy atom. The molecule has 2 aliphatic heterocycles. The van der Waals surface area contributed by atoms with Crippen LogP contribution in [0.4, 0.5) is 0 Å². The fraction of sp³-hybridized carbons (Fsp3) is 0.409. The molecule has 30 heavy (non-hydrogen) atoms. The summed E-state index contributed by atoms with van der Waals surface area (Å²) in [5.74, 6) is -0.339. The van der Waals surface area contributed by atoms with Crippen LogP contribution in [0, 0.1) is 0 Å². The molecule has 0 aliphatic carbocycles. The smallest absolute Gasteiger partial charge is 0.252 e. The maximum Gasteiger partial charge on any atom is 0.252 e. The van der Waals surface area contributed by atoms with Crippen molar-refractivity contribution < 1.29 is 17.9 Å². The van der Waals surface area contributed by atoms with Gasteiger partial charge in [0.15, 0.2) is 0 Å². The van der Waals surface area contributed by atoms with Gasteiger partial charge >= 0.3 is 0 Å². The molecule has 0 bridgehead atoms. The van der Waals surface area contributed by atoms with E-state index >= 15 is 0 Å². The van der Waals surface area contributed by atoms with E-state index in [0.717, 1.165) is 26.1 Å². The van der Waals surface area contributed by atoms with Crippen LogP contribution < -0.4 is 5.32 Å². The van der Waals surface area contributed by atoms with E-state index in [-0.39, 0.29) is 22.4 Å². The van der Waals surface area contributed by atoms with E-state index in [1.807, 2.05) is 18.2 Å². The first-order chi connectivity index (χ1) is 14.5. The number of ether oxygens (including phenoxy) is 1. The zero-order chi connectivity index (χ0) is 21.0. The molecule has 8 heteroatoms. The molecule has 2 aromatic carbocycles. The third-order valence-corrected chi connectivity index (χ3v) is 7.53. The fourth-order valence-corrected chi connectivity index (χ4v) is 5.60. The van der Waals surface area contributed by atoms with Gasteiger partial charge in [0.25, 0.3) is 5.91 Å². The first-order valence-corrected chi connectivity index (χ1v) is 11.7. The summed E-state index contributed by atoms with van der Waals surface area (Å²) in [5.41, 5.74) is 1.44. The van der Waals surface area contributed by atoms with E-state index in [4.69, 9.17) is 4.74 Å². The number of amides is 1. The van der Waals surface area contributed by atoms with Crippen LogP contribution in [0.15, 0.2) is 59.5 Å². The van der Waals surface area contributed by atoms with Crippen molar-refractivity contribution in [2.24, 2.45) is 0 Å². The van der Waals surface area contributed by atoms with Crippen molar-refractivity contribution in [1.29, 1.82) is 0 Å². The lowest BCUT2D eigenvalue weighted by atomic mass is 10.2. The lowest BCUT2D eigenvalue weighted by molar-refractivity contribution is 0.0729. The Hall–Kier alpha value is -2.26. The van der Waals surface area contributed by atoms with Gasteiger partial charge in [-0.2, -0.15) is 4.31 Å². The molecule has 1 N–H and O–H groups in total. The van der Waals surface area contributed by atoms with Crippen LogP contribution in [-0.4, -0.2) is 69.0 Å². The minimum absolute atomic E-state index is 0.000333. The molecule has 2 heterocycles. The lowest BCUT2D eigenvalue weighted by Crippen LogP contribution is -2.42. The van der Waals surface area contributed by atoms with Crippen LogP contribution in [0.5, 0.6) is 0 Å². The van der Waals surface area contributed by atoms with Gasteiger partial charge < -0.3 is 10.1 Å². The second-order valence-electron chi connectivity index (χ2n) is 7.69. The minimum atomic E-state index is -3.74. The van der Waals surface area contributed by atoms with Gasteiger partial charge in [-0.25, -0.2) is 8.42 Å². The van der Waals surface area contributed by atoms with Crippen molar-refractivity contribution in [2.45, 2.75) is 23.9 Å². The van der Waals surface area contributed by atoms with Crippen LogP contribution in [0.2, 0.25) is 0 Å². The summed E-state index contributed by atoms with van der Waals surface area (Å²) in [6, 6.07) is 16.7.